The molecule has 1 aliphatic carbocycles. The van der Waals surface area contributed by atoms with Gasteiger partial charge >= 0.3 is 12.1 Å². The lowest BCUT2D eigenvalue weighted by atomic mass is 9.85. The summed E-state index contributed by atoms with van der Waals surface area (Å²) < 4.78 is 10.2. The molecule has 1 saturated carbocycles. The van der Waals surface area contributed by atoms with E-state index in [1.807, 2.05) is 34.6 Å². The molecule has 242 valence electrons. The monoisotopic (exact) mass is 606 g/mol. The Morgan fingerprint density at radius 2 is 1.67 bits per heavy atom. The lowest BCUT2D eigenvalue weighted by Gasteiger charge is -2.38. The highest BCUT2D eigenvalue weighted by molar-refractivity contribution is 6.38. The van der Waals surface area contributed by atoms with Crippen LogP contribution in [0.2, 0.25) is 0 Å². The Balaban J connectivity index is 2.25. The summed E-state index contributed by atoms with van der Waals surface area (Å²) in [5, 5.41) is 7.84. The standard InChI is InChI=1S/C31H50N4O8/c1-11-13-14-19(23(37)26(39)32-16-15-20(36)42-12-2)33-25(38)22-21-18(31(21,9)10)17-35(22)27(40)24(29(3,4)5)34-28(41)43-30(6,7)8/h11,18-19,21-22,24H,1,12-17H2,2-10H3,(H,32,39)(H,33,38)(H,34,41)/t18-,19?,21-,22-,24+/m0/s1. The second-order valence-electron chi connectivity index (χ2n) is 13.9. The number of ether oxygens (including phenoxy) is 2. The van der Waals surface area contributed by atoms with Crippen LogP contribution in [-0.4, -0.2) is 83.9 Å². The van der Waals surface area contributed by atoms with Crippen molar-refractivity contribution in [1.82, 2.24) is 20.9 Å². The summed E-state index contributed by atoms with van der Waals surface area (Å²) in [6.45, 7) is 20.4. The molecule has 2 aliphatic rings. The molecule has 43 heavy (non-hydrogen) atoms. The number of carbonyl (C=O) groups excluding carboxylic acids is 6. The van der Waals surface area contributed by atoms with Gasteiger partial charge in [0.1, 0.15) is 17.7 Å². The van der Waals surface area contributed by atoms with Gasteiger partial charge in [-0.05, 0) is 63.2 Å². The molecule has 3 N–H and O–H groups in total. The highest BCUT2D eigenvalue weighted by Crippen LogP contribution is 2.65. The predicted molar refractivity (Wildman–Crippen MR) is 160 cm³/mol. The first-order valence-electron chi connectivity index (χ1n) is 14.9. The van der Waals surface area contributed by atoms with Crippen molar-refractivity contribution in [1.29, 1.82) is 0 Å². The number of alkyl carbamates (subject to hydrolysis) is 1. The topological polar surface area (TPSA) is 160 Å². The van der Waals surface area contributed by atoms with Gasteiger partial charge < -0.3 is 30.3 Å². The van der Waals surface area contributed by atoms with Gasteiger partial charge in [0.05, 0.1) is 19.1 Å². The molecular formula is C31H50N4O8. The number of nitrogens with zero attached hydrogens (tertiary/aromatic N) is 1. The number of hydrogen-bond acceptors (Lipinski definition) is 8. The minimum Gasteiger partial charge on any atom is -0.466 e. The molecule has 2 fully saturated rings. The zero-order valence-electron chi connectivity index (χ0n) is 27.1. The first kappa shape index (κ1) is 35.8. The number of nitrogens with one attached hydrogen (secondary N) is 3. The number of ketones is 1. The molecule has 0 aromatic carbocycles. The molecule has 5 atom stereocenters. The molecule has 0 spiro atoms. The Labute approximate surface area is 255 Å². The van der Waals surface area contributed by atoms with Crippen molar-refractivity contribution in [3.63, 3.8) is 0 Å². The number of Topliss-reactive ketones (excluding diaryl/α,β-unsaturated/α-hetero) is 1. The summed E-state index contributed by atoms with van der Waals surface area (Å²) in [5.41, 5.74) is -1.68. The van der Waals surface area contributed by atoms with Gasteiger partial charge in [-0.3, -0.25) is 24.0 Å². The number of esters is 1. The third kappa shape index (κ3) is 9.27. The summed E-state index contributed by atoms with van der Waals surface area (Å²) >= 11 is 0. The lowest BCUT2D eigenvalue weighted by molar-refractivity contribution is -0.145. The van der Waals surface area contributed by atoms with Crippen LogP contribution in [0.3, 0.4) is 0 Å². The minimum absolute atomic E-state index is 0.0582. The van der Waals surface area contributed by atoms with E-state index in [0.29, 0.717) is 13.0 Å². The summed E-state index contributed by atoms with van der Waals surface area (Å²) in [7, 11) is 0. The molecule has 12 heteroatoms. The molecule has 2 rings (SSSR count). The maximum Gasteiger partial charge on any atom is 0.408 e. The van der Waals surface area contributed by atoms with E-state index < -0.39 is 64.7 Å². The molecular weight excluding hydrogens is 556 g/mol. The molecule has 1 heterocycles. The molecule has 1 unspecified atom stereocenters. The Morgan fingerprint density at radius 1 is 1.05 bits per heavy atom. The molecule has 4 amide bonds. The van der Waals surface area contributed by atoms with Crippen LogP contribution in [0.4, 0.5) is 4.79 Å². The van der Waals surface area contributed by atoms with Crippen molar-refractivity contribution in [2.75, 3.05) is 19.7 Å². The zero-order chi connectivity index (χ0) is 32.9. The number of fused-ring (bicyclic) bond motifs is 1. The van der Waals surface area contributed by atoms with Crippen molar-refractivity contribution in [3.8, 4) is 0 Å². The molecule has 0 aromatic rings. The van der Waals surface area contributed by atoms with Gasteiger partial charge in [0.15, 0.2) is 0 Å². The van der Waals surface area contributed by atoms with E-state index in [9.17, 15) is 28.8 Å². The Morgan fingerprint density at radius 3 is 2.21 bits per heavy atom. The number of hydrogen-bond donors (Lipinski definition) is 3. The number of likely N-dealkylation sites (tertiary alicyclic amines) is 1. The van der Waals surface area contributed by atoms with Gasteiger partial charge in [0.2, 0.25) is 17.6 Å². The smallest absolute Gasteiger partial charge is 0.408 e. The number of rotatable bonds is 13. The summed E-state index contributed by atoms with van der Waals surface area (Å²) in [4.78, 5) is 79.3. The Hall–Kier alpha value is -3.44. The van der Waals surface area contributed by atoms with E-state index in [-0.39, 0.29) is 43.2 Å². The maximum absolute atomic E-state index is 14.0. The van der Waals surface area contributed by atoms with E-state index >= 15 is 0 Å². The van der Waals surface area contributed by atoms with Crippen molar-refractivity contribution in [2.24, 2.45) is 22.7 Å². The minimum atomic E-state index is -1.16. The van der Waals surface area contributed by atoms with Gasteiger partial charge in [-0.2, -0.15) is 0 Å². The predicted octanol–water partition coefficient (Wildman–Crippen LogP) is 2.50. The van der Waals surface area contributed by atoms with Crippen LogP contribution in [0, 0.1) is 22.7 Å². The Kier molecular flexibility index (Phi) is 11.6. The SMILES string of the molecule is C=CCCC(NC(=O)[C@@H]1[C@@H]2[C@H](CN1C(=O)[C@@H](NC(=O)OC(C)(C)C)C(C)(C)C)C2(C)C)C(=O)C(=O)NCCC(=O)OCC. The summed E-state index contributed by atoms with van der Waals surface area (Å²) in [6, 6.07) is -3.05. The van der Waals surface area contributed by atoms with Crippen molar-refractivity contribution in [2.45, 2.75) is 105 Å². The molecule has 0 radical (unpaired) electrons. The molecule has 12 nitrogen and oxygen atoms in total. The van der Waals surface area contributed by atoms with E-state index in [1.165, 1.54) is 4.90 Å². The molecule has 0 bridgehead atoms. The van der Waals surface area contributed by atoms with Gasteiger partial charge in [-0.1, -0.05) is 40.7 Å². The van der Waals surface area contributed by atoms with Gasteiger partial charge in [-0.15, -0.1) is 6.58 Å². The van der Waals surface area contributed by atoms with E-state index in [1.54, 1.807) is 33.8 Å². The summed E-state index contributed by atoms with van der Waals surface area (Å²) in [6.07, 6.45) is 1.22. The van der Waals surface area contributed by atoms with Gasteiger partial charge in [-0.25, -0.2) is 4.79 Å². The second kappa shape index (κ2) is 13.9. The average Bonchev–Trinajstić information content (AvgIpc) is 3.20. The van der Waals surface area contributed by atoms with Crippen LogP contribution in [0.15, 0.2) is 12.7 Å². The normalized spacial score (nSPS) is 21.9. The van der Waals surface area contributed by atoms with Crippen LogP contribution in [0.5, 0.6) is 0 Å². The fraction of sp³-hybridized carbons (Fsp3) is 0.742. The highest BCUT2D eigenvalue weighted by Gasteiger charge is 2.70. The Bertz CT molecular complexity index is 1100. The third-order valence-corrected chi connectivity index (χ3v) is 7.97. The first-order chi connectivity index (χ1) is 19.8. The van der Waals surface area contributed by atoms with Crippen molar-refractivity contribution >= 4 is 35.6 Å². The number of allylic oxidation sites excluding steroid dienone is 1. The quantitative estimate of drug-likeness (QED) is 0.164. The van der Waals surface area contributed by atoms with Crippen LogP contribution in [-0.2, 0) is 33.4 Å². The van der Waals surface area contributed by atoms with E-state index in [0.717, 1.165) is 0 Å². The average molecular weight is 607 g/mol. The second-order valence-corrected chi connectivity index (χ2v) is 13.9. The fourth-order valence-corrected chi connectivity index (χ4v) is 5.62. The molecule has 0 aromatic heterocycles. The molecule has 1 aliphatic heterocycles. The van der Waals surface area contributed by atoms with Crippen LogP contribution in [0.1, 0.15) is 81.6 Å². The zero-order valence-corrected chi connectivity index (χ0v) is 27.1. The van der Waals surface area contributed by atoms with Crippen LogP contribution >= 0.6 is 0 Å². The van der Waals surface area contributed by atoms with E-state index in [4.69, 9.17) is 9.47 Å². The first-order valence-corrected chi connectivity index (χ1v) is 14.9. The number of carbonyl (C=O) groups is 6. The third-order valence-electron chi connectivity index (χ3n) is 7.97. The fourth-order valence-electron chi connectivity index (χ4n) is 5.62. The van der Waals surface area contributed by atoms with Crippen LogP contribution < -0.4 is 16.0 Å². The number of piperidine rings is 1. The lowest BCUT2D eigenvalue weighted by Crippen LogP contribution is -2.60. The highest BCUT2D eigenvalue weighted by atomic mass is 16.6. The van der Waals surface area contributed by atoms with Gasteiger partial charge in [0, 0.05) is 13.1 Å². The van der Waals surface area contributed by atoms with Crippen LogP contribution in [0.25, 0.3) is 0 Å². The maximum atomic E-state index is 14.0. The van der Waals surface area contributed by atoms with Crippen molar-refractivity contribution in [3.05, 3.63) is 12.7 Å². The number of amides is 4. The van der Waals surface area contributed by atoms with E-state index in [2.05, 4.69) is 22.5 Å². The van der Waals surface area contributed by atoms with Gasteiger partial charge in [0.25, 0.3) is 5.91 Å². The largest absolute Gasteiger partial charge is 0.466 e. The summed E-state index contributed by atoms with van der Waals surface area (Å²) in [5.74, 6) is -3.37. The molecule has 1 saturated heterocycles. The van der Waals surface area contributed by atoms with Crippen molar-refractivity contribution < 1.29 is 38.2 Å².